The van der Waals surface area contributed by atoms with E-state index in [-0.39, 0.29) is 0 Å². The maximum atomic E-state index is 2.59. The normalized spacial score (nSPS) is 17.1. The first-order chi connectivity index (χ1) is 6.71. The van der Waals surface area contributed by atoms with Crippen LogP contribution in [0.3, 0.4) is 0 Å². The molecular weight excluding hydrogens is 379 g/mol. The fraction of sp³-hybridized carbons (Fsp3) is 0.667. The first-order valence-corrected chi connectivity index (χ1v) is 16.9. The Kier molecular flexibility index (Phi) is 4.58. The number of hydrogen-bond donors (Lipinski definition) is 0. The van der Waals surface area contributed by atoms with Crippen LogP contribution in [0.1, 0.15) is 6.42 Å². The second-order valence-corrected chi connectivity index (χ2v) is 27.4. The molecule has 1 rings (SSSR count). The summed E-state index contributed by atoms with van der Waals surface area (Å²) in [5.74, 6) is 0. The summed E-state index contributed by atoms with van der Waals surface area (Å²) in [5, 5.41) is 0. The SMILES string of the molecule is C[Si](C)(C)[CH]([Hf][C]1=CC=CC1)[Si](C)(C)C. The molecule has 0 atom stereocenters. The van der Waals surface area contributed by atoms with Crippen LogP contribution in [0.15, 0.2) is 21.6 Å². The van der Waals surface area contributed by atoms with Crippen molar-refractivity contribution in [2.24, 2.45) is 0 Å². The molecule has 84 valence electrons. The molecule has 0 fully saturated rings. The van der Waals surface area contributed by atoms with Crippen molar-refractivity contribution in [3.8, 4) is 0 Å². The van der Waals surface area contributed by atoms with Crippen LogP contribution in [0.2, 0.25) is 42.2 Å². The zero-order valence-corrected chi connectivity index (χ0v) is 16.6. The molecule has 0 nitrogen and oxygen atoms in total. The Morgan fingerprint density at radius 2 is 1.60 bits per heavy atom. The van der Waals surface area contributed by atoms with Gasteiger partial charge in [-0.15, -0.1) is 0 Å². The molecule has 0 bridgehead atoms. The Hall–Kier alpha value is 0.784. The Labute approximate surface area is 109 Å². The standard InChI is InChI=1S/C7H19Si2.C5H5.Hf/c1-8(2,3)7-9(4,5)6;1-2-4-5-3-1;/h7H,1-6H3;1-3H,4H2;. The Bertz CT molecular complexity index is 265. The number of hydrogen-bond acceptors (Lipinski definition) is 0. The minimum atomic E-state index is -0.910. The molecule has 0 amide bonds. The van der Waals surface area contributed by atoms with E-state index in [0.29, 0.717) is 0 Å². The predicted molar refractivity (Wildman–Crippen MR) is 72.3 cm³/mol. The fourth-order valence-electron chi connectivity index (χ4n) is 2.47. The van der Waals surface area contributed by atoms with E-state index in [9.17, 15) is 0 Å². The predicted octanol–water partition coefficient (Wildman–Crippen LogP) is 4.46. The molecule has 1 aliphatic carbocycles. The zero-order valence-electron chi connectivity index (χ0n) is 11.0. The van der Waals surface area contributed by atoms with Gasteiger partial charge >= 0.3 is 109 Å². The van der Waals surface area contributed by atoms with Crippen molar-refractivity contribution >= 4 is 16.1 Å². The van der Waals surface area contributed by atoms with Crippen molar-refractivity contribution in [1.82, 2.24) is 0 Å². The van der Waals surface area contributed by atoms with Crippen LogP contribution >= 0.6 is 0 Å². The Morgan fingerprint density at radius 1 is 1.07 bits per heavy atom. The molecule has 0 N–H and O–H groups in total. The first-order valence-electron chi connectivity index (χ1n) is 5.83. The van der Waals surface area contributed by atoms with Gasteiger partial charge in [-0.2, -0.15) is 0 Å². The van der Waals surface area contributed by atoms with E-state index in [1.807, 2.05) is 3.33 Å². The van der Waals surface area contributed by atoms with Gasteiger partial charge in [-0.05, 0) is 0 Å². The van der Waals surface area contributed by atoms with Crippen LogP contribution in [0.5, 0.6) is 0 Å². The summed E-state index contributed by atoms with van der Waals surface area (Å²) in [7, 11) is -1.82. The molecule has 0 heterocycles. The molecule has 0 aromatic heterocycles. The van der Waals surface area contributed by atoms with Crippen LogP contribution < -0.4 is 0 Å². The van der Waals surface area contributed by atoms with Gasteiger partial charge in [0, 0.05) is 0 Å². The molecule has 0 aromatic rings. The van der Waals surface area contributed by atoms with E-state index < -0.39 is 39.1 Å². The molecule has 0 radical (unpaired) electrons. The van der Waals surface area contributed by atoms with E-state index in [1.54, 1.807) is 0 Å². The molecular formula is C12H24HfSi2. The molecule has 0 aromatic carbocycles. The van der Waals surface area contributed by atoms with Crippen molar-refractivity contribution in [2.75, 3.05) is 0 Å². The van der Waals surface area contributed by atoms with E-state index in [1.165, 1.54) is 9.34 Å². The molecule has 0 saturated carbocycles. The average molecular weight is 403 g/mol. The second-order valence-electron chi connectivity index (χ2n) is 6.63. The van der Waals surface area contributed by atoms with Gasteiger partial charge in [-0.3, -0.25) is 0 Å². The molecule has 0 unspecified atom stereocenters. The van der Waals surface area contributed by atoms with Crippen molar-refractivity contribution < 1.29 is 22.9 Å². The van der Waals surface area contributed by atoms with E-state index in [4.69, 9.17) is 0 Å². The van der Waals surface area contributed by atoms with Crippen LogP contribution in [0.25, 0.3) is 0 Å². The van der Waals surface area contributed by atoms with Gasteiger partial charge in [0.25, 0.3) is 0 Å². The molecule has 3 heteroatoms. The average Bonchev–Trinajstić information content (AvgIpc) is 2.46. The van der Waals surface area contributed by atoms with E-state index in [0.717, 1.165) is 0 Å². The van der Waals surface area contributed by atoms with Crippen LogP contribution in [0, 0.1) is 0 Å². The summed E-state index contributed by atoms with van der Waals surface area (Å²) in [5.41, 5.74) is 0. The molecule has 0 saturated heterocycles. The topological polar surface area (TPSA) is 0 Å². The quantitative estimate of drug-likeness (QED) is 0.609. The monoisotopic (exact) mass is 404 g/mol. The van der Waals surface area contributed by atoms with Gasteiger partial charge in [0.05, 0.1) is 0 Å². The summed E-state index contributed by atoms with van der Waals surface area (Å²) >= 11 is -0.528. The molecule has 15 heavy (non-hydrogen) atoms. The van der Waals surface area contributed by atoms with Gasteiger partial charge in [0.15, 0.2) is 0 Å². The van der Waals surface area contributed by atoms with Gasteiger partial charge in [0.2, 0.25) is 0 Å². The first kappa shape index (κ1) is 13.8. The fourth-order valence-corrected chi connectivity index (χ4v) is 29.0. The number of allylic oxidation sites excluding steroid dienone is 4. The van der Waals surface area contributed by atoms with Gasteiger partial charge in [-0.1, -0.05) is 0 Å². The van der Waals surface area contributed by atoms with Crippen LogP contribution in [0.4, 0.5) is 0 Å². The molecule has 0 spiro atoms. The van der Waals surface area contributed by atoms with Crippen molar-refractivity contribution in [3.05, 3.63) is 21.6 Å². The summed E-state index contributed by atoms with van der Waals surface area (Å²) < 4.78 is 3.08. The van der Waals surface area contributed by atoms with Crippen LogP contribution in [-0.2, 0) is 22.9 Å². The maximum absolute atomic E-state index is 2.59. The summed E-state index contributed by atoms with van der Waals surface area (Å²) in [6.07, 6.45) is 8.34. The van der Waals surface area contributed by atoms with Gasteiger partial charge < -0.3 is 0 Å². The van der Waals surface area contributed by atoms with Crippen molar-refractivity contribution in [2.45, 2.75) is 48.6 Å². The molecule has 0 aliphatic heterocycles. The minimum absolute atomic E-state index is 0.528. The third-order valence-electron chi connectivity index (χ3n) is 2.83. The Balaban J connectivity index is 2.75. The van der Waals surface area contributed by atoms with E-state index in [2.05, 4.69) is 57.5 Å². The van der Waals surface area contributed by atoms with Crippen molar-refractivity contribution in [1.29, 1.82) is 0 Å². The van der Waals surface area contributed by atoms with Gasteiger partial charge in [0.1, 0.15) is 0 Å². The van der Waals surface area contributed by atoms with Crippen molar-refractivity contribution in [3.63, 3.8) is 0 Å². The summed E-state index contributed by atoms with van der Waals surface area (Å²) in [6, 6.07) is 0. The Morgan fingerprint density at radius 3 is 1.93 bits per heavy atom. The second kappa shape index (κ2) is 4.97. The molecule has 1 aliphatic rings. The van der Waals surface area contributed by atoms with E-state index >= 15 is 0 Å². The van der Waals surface area contributed by atoms with Crippen LogP contribution in [-0.4, -0.2) is 16.1 Å². The third-order valence-corrected chi connectivity index (χ3v) is 36.2. The van der Waals surface area contributed by atoms with Gasteiger partial charge in [-0.25, -0.2) is 0 Å². The summed E-state index contributed by atoms with van der Waals surface area (Å²) in [6.45, 7) is 15.5. The third kappa shape index (κ3) is 4.27. The summed E-state index contributed by atoms with van der Waals surface area (Å²) in [4.78, 5) is 0. The zero-order chi connectivity index (χ0) is 11.7. The number of rotatable bonds is 4.